The molecular formula is C20H14N2O. The quantitative estimate of drug-likeness (QED) is 0.682. The highest BCUT2D eigenvalue weighted by molar-refractivity contribution is 6.09. The normalized spacial score (nSPS) is 10.1. The van der Waals surface area contributed by atoms with Crippen LogP contribution in [-0.4, -0.2) is 10.8 Å². The Morgan fingerprint density at radius 3 is 2.26 bits per heavy atom. The van der Waals surface area contributed by atoms with E-state index in [0.29, 0.717) is 16.7 Å². The van der Waals surface area contributed by atoms with Gasteiger partial charge >= 0.3 is 0 Å². The van der Waals surface area contributed by atoms with Crippen LogP contribution in [0.5, 0.6) is 0 Å². The topological polar surface area (TPSA) is 53.8 Å². The molecule has 0 atom stereocenters. The van der Waals surface area contributed by atoms with Gasteiger partial charge in [-0.2, -0.15) is 5.26 Å². The third kappa shape index (κ3) is 2.88. The highest BCUT2D eigenvalue weighted by Crippen LogP contribution is 2.25. The van der Waals surface area contributed by atoms with Gasteiger partial charge in [-0.05, 0) is 18.1 Å². The van der Waals surface area contributed by atoms with Crippen molar-refractivity contribution >= 4 is 5.78 Å². The lowest BCUT2D eigenvalue weighted by Gasteiger charge is -2.07. The molecule has 0 aliphatic heterocycles. The zero-order valence-corrected chi connectivity index (χ0v) is 12.7. The number of nitriles is 1. The Kier molecular flexibility index (Phi) is 3.99. The third-order valence-electron chi connectivity index (χ3n) is 3.74. The Bertz CT molecular complexity index is 891. The summed E-state index contributed by atoms with van der Waals surface area (Å²) in [5, 5.41) is 9.32. The Labute approximate surface area is 134 Å². The van der Waals surface area contributed by atoms with Crippen LogP contribution >= 0.6 is 0 Å². The number of carbonyl (C=O) groups is 1. The Balaban J connectivity index is 1.97. The SMILES string of the molecule is Cc1cncc(-c2ccc(C(=O)c3ccccc3)cc2)c1C#N. The first-order valence-electron chi connectivity index (χ1n) is 7.25. The lowest BCUT2D eigenvalue weighted by molar-refractivity contribution is 0.103. The van der Waals surface area contributed by atoms with Crippen molar-refractivity contribution < 1.29 is 4.79 Å². The molecule has 3 nitrogen and oxygen atoms in total. The van der Waals surface area contributed by atoms with Gasteiger partial charge in [-0.25, -0.2) is 0 Å². The zero-order chi connectivity index (χ0) is 16.2. The van der Waals surface area contributed by atoms with Crippen molar-refractivity contribution in [2.75, 3.05) is 0 Å². The molecule has 3 rings (SSSR count). The number of carbonyl (C=O) groups excluding carboxylic acids is 1. The second-order valence-corrected chi connectivity index (χ2v) is 5.26. The number of hydrogen-bond acceptors (Lipinski definition) is 3. The Morgan fingerprint density at radius 1 is 0.957 bits per heavy atom. The van der Waals surface area contributed by atoms with Crippen molar-refractivity contribution in [1.29, 1.82) is 5.26 Å². The van der Waals surface area contributed by atoms with E-state index in [9.17, 15) is 10.1 Å². The molecule has 0 N–H and O–H groups in total. The fraction of sp³-hybridized carbons (Fsp3) is 0.0500. The van der Waals surface area contributed by atoms with Crippen LogP contribution in [0.4, 0.5) is 0 Å². The highest BCUT2D eigenvalue weighted by Gasteiger charge is 2.11. The second-order valence-electron chi connectivity index (χ2n) is 5.26. The van der Waals surface area contributed by atoms with Crippen LogP contribution in [0.1, 0.15) is 27.0 Å². The minimum Gasteiger partial charge on any atom is -0.289 e. The summed E-state index contributed by atoms with van der Waals surface area (Å²) in [6.07, 6.45) is 3.36. The van der Waals surface area contributed by atoms with Gasteiger partial charge in [0.25, 0.3) is 0 Å². The van der Waals surface area contributed by atoms with Crippen LogP contribution in [0.3, 0.4) is 0 Å². The first kappa shape index (κ1) is 14.7. The van der Waals surface area contributed by atoms with Crippen molar-refractivity contribution in [2.24, 2.45) is 0 Å². The predicted octanol–water partition coefficient (Wildman–Crippen LogP) is 4.16. The van der Waals surface area contributed by atoms with Crippen LogP contribution in [0.15, 0.2) is 67.0 Å². The molecule has 0 fully saturated rings. The first-order valence-corrected chi connectivity index (χ1v) is 7.25. The highest BCUT2D eigenvalue weighted by atomic mass is 16.1. The van der Waals surface area contributed by atoms with Gasteiger partial charge in [0.2, 0.25) is 0 Å². The van der Waals surface area contributed by atoms with Gasteiger partial charge in [-0.15, -0.1) is 0 Å². The molecule has 110 valence electrons. The van der Waals surface area contributed by atoms with Gasteiger partial charge in [-0.3, -0.25) is 9.78 Å². The van der Waals surface area contributed by atoms with Crippen molar-refractivity contribution in [2.45, 2.75) is 6.92 Å². The number of benzene rings is 2. The van der Waals surface area contributed by atoms with E-state index in [2.05, 4.69) is 11.1 Å². The van der Waals surface area contributed by atoms with Crippen LogP contribution in [-0.2, 0) is 0 Å². The molecule has 1 aromatic heterocycles. The van der Waals surface area contributed by atoms with E-state index >= 15 is 0 Å². The average Bonchev–Trinajstić information content (AvgIpc) is 2.62. The van der Waals surface area contributed by atoms with E-state index in [0.717, 1.165) is 16.7 Å². The number of pyridine rings is 1. The van der Waals surface area contributed by atoms with Crippen LogP contribution in [0, 0.1) is 18.3 Å². The Morgan fingerprint density at radius 2 is 1.61 bits per heavy atom. The molecule has 0 amide bonds. The molecule has 3 aromatic rings. The molecule has 23 heavy (non-hydrogen) atoms. The molecule has 0 spiro atoms. The fourth-order valence-electron chi connectivity index (χ4n) is 2.49. The minimum absolute atomic E-state index is 0.0139. The predicted molar refractivity (Wildman–Crippen MR) is 89.0 cm³/mol. The average molecular weight is 298 g/mol. The van der Waals surface area contributed by atoms with Gasteiger partial charge in [0, 0.05) is 29.1 Å². The number of hydrogen-bond donors (Lipinski definition) is 0. The number of aryl methyl sites for hydroxylation is 1. The van der Waals surface area contributed by atoms with Crippen molar-refractivity contribution in [3.05, 3.63) is 89.2 Å². The van der Waals surface area contributed by atoms with Gasteiger partial charge < -0.3 is 0 Å². The van der Waals surface area contributed by atoms with E-state index in [1.54, 1.807) is 36.7 Å². The van der Waals surface area contributed by atoms with E-state index < -0.39 is 0 Å². The number of ketones is 1. The number of nitrogens with zero attached hydrogens (tertiary/aromatic N) is 2. The molecule has 3 heteroatoms. The lowest BCUT2D eigenvalue weighted by atomic mass is 9.97. The molecule has 0 aliphatic rings. The maximum Gasteiger partial charge on any atom is 0.193 e. The summed E-state index contributed by atoms with van der Waals surface area (Å²) >= 11 is 0. The van der Waals surface area contributed by atoms with Crippen molar-refractivity contribution in [1.82, 2.24) is 4.98 Å². The Hall–Kier alpha value is -3.25. The zero-order valence-electron chi connectivity index (χ0n) is 12.7. The van der Waals surface area contributed by atoms with E-state index in [1.165, 1.54) is 0 Å². The van der Waals surface area contributed by atoms with Gasteiger partial charge in [-0.1, -0.05) is 54.6 Å². The summed E-state index contributed by atoms with van der Waals surface area (Å²) in [5.41, 5.74) is 4.40. The summed E-state index contributed by atoms with van der Waals surface area (Å²) in [7, 11) is 0. The van der Waals surface area contributed by atoms with Crippen molar-refractivity contribution in [3.63, 3.8) is 0 Å². The largest absolute Gasteiger partial charge is 0.289 e. The van der Waals surface area contributed by atoms with Crippen molar-refractivity contribution in [3.8, 4) is 17.2 Å². The maximum atomic E-state index is 12.4. The fourth-order valence-corrected chi connectivity index (χ4v) is 2.49. The number of rotatable bonds is 3. The molecule has 0 unspecified atom stereocenters. The monoisotopic (exact) mass is 298 g/mol. The van der Waals surface area contributed by atoms with Crippen LogP contribution < -0.4 is 0 Å². The van der Waals surface area contributed by atoms with E-state index in [4.69, 9.17) is 0 Å². The summed E-state index contributed by atoms with van der Waals surface area (Å²) in [6.45, 7) is 1.86. The van der Waals surface area contributed by atoms with E-state index in [1.807, 2.05) is 37.3 Å². The third-order valence-corrected chi connectivity index (χ3v) is 3.74. The molecule has 0 saturated carbocycles. The van der Waals surface area contributed by atoms with Crippen LogP contribution in [0.25, 0.3) is 11.1 Å². The molecule has 0 aliphatic carbocycles. The molecule has 1 heterocycles. The van der Waals surface area contributed by atoms with Gasteiger partial charge in [0.05, 0.1) is 5.56 Å². The van der Waals surface area contributed by atoms with Gasteiger partial charge in [0.1, 0.15) is 6.07 Å². The summed E-state index contributed by atoms with van der Waals surface area (Å²) in [6, 6.07) is 18.7. The summed E-state index contributed by atoms with van der Waals surface area (Å²) in [5.74, 6) is -0.0139. The standard InChI is InChI=1S/C20H14N2O/c1-14-12-22-13-19(18(14)11-21)15-7-9-17(10-8-15)20(23)16-5-3-2-4-6-16/h2-10,12-13H,1H3. The lowest BCUT2D eigenvalue weighted by Crippen LogP contribution is -2.00. The molecule has 2 aromatic carbocycles. The molecule has 0 radical (unpaired) electrons. The smallest absolute Gasteiger partial charge is 0.193 e. The maximum absolute atomic E-state index is 12.4. The van der Waals surface area contributed by atoms with Crippen LogP contribution in [0.2, 0.25) is 0 Å². The van der Waals surface area contributed by atoms with Gasteiger partial charge in [0.15, 0.2) is 5.78 Å². The number of aromatic nitrogens is 1. The summed E-state index contributed by atoms with van der Waals surface area (Å²) in [4.78, 5) is 16.6. The minimum atomic E-state index is -0.0139. The first-order chi connectivity index (χ1) is 11.2. The molecule has 0 bridgehead atoms. The molecule has 0 saturated heterocycles. The molecular weight excluding hydrogens is 284 g/mol. The second kappa shape index (κ2) is 6.25. The van der Waals surface area contributed by atoms with E-state index in [-0.39, 0.29) is 5.78 Å². The summed E-state index contributed by atoms with van der Waals surface area (Å²) < 4.78 is 0.